The summed E-state index contributed by atoms with van der Waals surface area (Å²) in [4.78, 5) is 0. The average molecular weight is 703 g/mol. The Morgan fingerprint density at radius 3 is 0.932 bits per heavy atom. The van der Waals surface area contributed by atoms with Crippen molar-refractivity contribution in [2.24, 2.45) is 0 Å². The molecular formula is C34H70O6S4. The SMILES string of the molecule is CCCC(CCCCCCCCCC(OC)(OC)OC)SSSSC(CCC)CCCCCCCCCC(OC)(OC)OC. The summed E-state index contributed by atoms with van der Waals surface area (Å²) in [7, 11) is 18.2. The molecule has 0 amide bonds. The number of hydrogen-bond donors (Lipinski definition) is 0. The molecule has 2 atom stereocenters. The van der Waals surface area contributed by atoms with Crippen molar-refractivity contribution in [1.29, 1.82) is 0 Å². The van der Waals surface area contributed by atoms with E-state index < -0.39 is 11.9 Å². The lowest BCUT2D eigenvalue weighted by atomic mass is 10.0. The van der Waals surface area contributed by atoms with Gasteiger partial charge in [-0.2, -0.15) is 0 Å². The standard InChI is InChI=1S/C34H70O6S4/c1-9-25-31(27-21-17-13-11-15-19-23-29-33(35-3,36-4)37-5)41-43-44-42-32(26-10-2)28-22-18-14-12-16-20-24-30-34(38-6,39-7)40-8/h31-32H,9-30H2,1-8H3. The molecule has 0 aliphatic carbocycles. The molecule has 0 fully saturated rings. The molecule has 0 spiro atoms. The highest BCUT2D eigenvalue weighted by Gasteiger charge is 2.29. The fourth-order valence-corrected chi connectivity index (χ4v) is 13.4. The highest BCUT2D eigenvalue weighted by Crippen LogP contribution is 2.49. The minimum Gasteiger partial charge on any atom is -0.331 e. The molecule has 266 valence electrons. The Bertz CT molecular complexity index is 530. The molecule has 0 saturated carbocycles. The lowest BCUT2D eigenvalue weighted by molar-refractivity contribution is -0.355. The number of methoxy groups -OCH3 is 6. The Morgan fingerprint density at radius 1 is 0.386 bits per heavy atom. The van der Waals surface area contributed by atoms with E-state index in [0.717, 1.165) is 36.2 Å². The van der Waals surface area contributed by atoms with Crippen molar-refractivity contribution in [1.82, 2.24) is 0 Å². The second kappa shape index (κ2) is 31.4. The Balaban J connectivity index is 3.94. The zero-order chi connectivity index (χ0) is 32.8. The smallest absolute Gasteiger partial charge is 0.282 e. The molecule has 10 heteroatoms. The molecule has 0 aromatic rings. The number of rotatable bonds is 35. The van der Waals surface area contributed by atoms with Gasteiger partial charge in [-0.15, -0.1) is 0 Å². The van der Waals surface area contributed by atoms with Crippen LogP contribution in [0.15, 0.2) is 0 Å². The first-order chi connectivity index (χ1) is 21.4. The first-order valence-corrected chi connectivity index (χ1v) is 22.3. The van der Waals surface area contributed by atoms with Gasteiger partial charge >= 0.3 is 0 Å². The summed E-state index contributed by atoms with van der Waals surface area (Å²) in [5, 5.41) is 1.59. The van der Waals surface area contributed by atoms with E-state index in [1.54, 1.807) is 42.7 Å². The Morgan fingerprint density at radius 2 is 0.659 bits per heavy atom. The maximum absolute atomic E-state index is 5.39. The van der Waals surface area contributed by atoms with Gasteiger partial charge in [0.25, 0.3) is 11.9 Å². The third-order valence-electron chi connectivity index (χ3n) is 8.48. The van der Waals surface area contributed by atoms with Crippen LogP contribution < -0.4 is 0 Å². The van der Waals surface area contributed by atoms with Crippen LogP contribution in [0.25, 0.3) is 0 Å². The van der Waals surface area contributed by atoms with Gasteiger partial charge in [0.1, 0.15) is 0 Å². The van der Waals surface area contributed by atoms with Crippen molar-refractivity contribution in [3.05, 3.63) is 0 Å². The van der Waals surface area contributed by atoms with Gasteiger partial charge < -0.3 is 28.4 Å². The average Bonchev–Trinajstić information content (AvgIpc) is 3.05. The highest BCUT2D eigenvalue weighted by molar-refractivity contribution is 9.26. The van der Waals surface area contributed by atoms with Gasteiger partial charge in [-0.3, -0.25) is 0 Å². The van der Waals surface area contributed by atoms with Gasteiger partial charge in [0.05, 0.1) is 0 Å². The van der Waals surface area contributed by atoms with E-state index in [0.29, 0.717) is 0 Å². The molecule has 2 unspecified atom stereocenters. The van der Waals surface area contributed by atoms with E-state index in [2.05, 4.69) is 35.4 Å². The summed E-state index contributed by atoms with van der Waals surface area (Å²) < 4.78 is 32.3. The predicted molar refractivity (Wildman–Crippen MR) is 198 cm³/mol. The van der Waals surface area contributed by atoms with Crippen molar-refractivity contribution in [2.75, 3.05) is 42.7 Å². The molecule has 6 nitrogen and oxygen atoms in total. The van der Waals surface area contributed by atoms with Crippen LogP contribution in [0.3, 0.4) is 0 Å². The third-order valence-corrected chi connectivity index (χ3v) is 15.9. The number of hydrogen-bond acceptors (Lipinski definition) is 10. The highest BCUT2D eigenvalue weighted by atomic mass is 33.7. The molecule has 44 heavy (non-hydrogen) atoms. The van der Waals surface area contributed by atoms with Crippen molar-refractivity contribution in [3.63, 3.8) is 0 Å². The zero-order valence-corrected chi connectivity index (χ0v) is 33.1. The van der Waals surface area contributed by atoms with Crippen LogP contribution in [-0.4, -0.2) is 65.1 Å². The Hall–Kier alpha value is 1.16. The van der Waals surface area contributed by atoms with Gasteiger partial charge in [0.15, 0.2) is 0 Å². The van der Waals surface area contributed by atoms with Crippen molar-refractivity contribution in [2.45, 2.75) is 178 Å². The van der Waals surface area contributed by atoms with Crippen LogP contribution in [0.5, 0.6) is 0 Å². The second-order valence-electron chi connectivity index (χ2n) is 11.8. The molecule has 0 radical (unpaired) electrons. The Kier molecular flexibility index (Phi) is 32.3. The summed E-state index contributed by atoms with van der Waals surface area (Å²) in [6, 6.07) is 0. The molecule has 0 aliphatic rings. The van der Waals surface area contributed by atoms with Crippen LogP contribution in [0.4, 0.5) is 0 Å². The van der Waals surface area contributed by atoms with Crippen LogP contribution in [0, 0.1) is 0 Å². The van der Waals surface area contributed by atoms with Gasteiger partial charge in [-0.1, -0.05) is 125 Å². The van der Waals surface area contributed by atoms with Crippen molar-refractivity contribution >= 4 is 41.2 Å². The van der Waals surface area contributed by atoms with Crippen LogP contribution in [0.1, 0.15) is 155 Å². The minimum atomic E-state index is -0.867. The maximum Gasteiger partial charge on any atom is 0.282 e. The van der Waals surface area contributed by atoms with E-state index in [1.807, 2.05) is 19.7 Å². The van der Waals surface area contributed by atoms with Crippen LogP contribution in [-0.2, 0) is 28.4 Å². The maximum atomic E-state index is 5.39. The first kappa shape index (κ1) is 45.2. The van der Waals surface area contributed by atoms with Gasteiger partial charge in [-0.05, 0) is 58.2 Å². The van der Waals surface area contributed by atoms with Crippen LogP contribution >= 0.6 is 41.2 Å². The summed E-state index contributed by atoms with van der Waals surface area (Å²) in [6.07, 6.45) is 27.4. The number of unbranched alkanes of at least 4 members (excludes halogenated alkanes) is 12. The van der Waals surface area contributed by atoms with Crippen LogP contribution in [0.2, 0.25) is 0 Å². The summed E-state index contributed by atoms with van der Waals surface area (Å²) in [5.41, 5.74) is 0. The molecule has 0 rings (SSSR count). The second-order valence-corrected chi connectivity index (χ2v) is 18.2. The summed E-state index contributed by atoms with van der Waals surface area (Å²) in [6.45, 7) is 4.66. The molecule has 0 N–H and O–H groups in total. The van der Waals surface area contributed by atoms with E-state index in [1.165, 1.54) is 116 Å². The van der Waals surface area contributed by atoms with Gasteiger partial charge in [-0.25, -0.2) is 0 Å². The molecule has 0 aromatic carbocycles. The topological polar surface area (TPSA) is 55.4 Å². The molecule has 0 bridgehead atoms. The lowest BCUT2D eigenvalue weighted by Crippen LogP contribution is -2.35. The minimum absolute atomic E-state index is 0.781. The molecule has 0 heterocycles. The fourth-order valence-electron chi connectivity index (χ4n) is 5.58. The summed E-state index contributed by atoms with van der Waals surface area (Å²) in [5.74, 6) is -1.73. The summed E-state index contributed by atoms with van der Waals surface area (Å²) >= 11 is 0. The quantitative estimate of drug-likeness (QED) is 0.0362. The molecular weight excluding hydrogens is 633 g/mol. The molecule has 0 aliphatic heterocycles. The van der Waals surface area contributed by atoms with Crippen molar-refractivity contribution < 1.29 is 28.4 Å². The van der Waals surface area contributed by atoms with Gasteiger partial charge in [0.2, 0.25) is 0 Å². The monoisotopic (exact) mass is 702 g/mol. The third kappa shape index (κ3) is 22.7. The van der Waals surface area contributed by atoms with Gasteiger partial charge in [0, 0.05) is 66.0 Å². The lowest BCUT2D eigenvalue weighted by Gasteiger charge is -2.28. The number of ether oxygens (including phenoxy) is 6. The van der Waals surface area contributed by atoms with E-state index in [-0.39, 0.29) is 0 Å². The van der Waals surface area contributed by atoms with E-state index >= 15 is 0 Å². The predicted octanol–water partition coefficient (Wildman–Crippen LogP) is 12.2. The largest absolute Gasteiger partial charge is 0.331 e. The normalized spacial score (nSPS) is 13.9. The molecule has 0 saturated heterocycles. The molecule has 0 aromatic heterocycles. The fraction of sp³-hybridized carbons (Fsp3) is 1.00. The van der Waals surface area contributed by atoms with Crippen molar-refractivity contribution in [3.8, 4) is 0 Å². The first-order valence-electron chi connectivity index (χ1n) is 17.4. The Labute approximate surface area is 288 Å². The van der Waals surface area contributed by atoms with E-state index in [9.17, 15) is 0 Å². The zero-order valence-electron chi connectivity index (χ0n) is 29.8. The van der Waals surface area contributed by atoms with E-state index in [4.69, 9.17) is 28.4 Å².